The van der Waals surface area contributed by atoms with Crippen LogP contribution in [0.4, 0.5) is 5.69 Å². The molecule has 0 saturated carbocycles. The van der Waals surface area contributed by atoms with Crippen LogP contribution < -0.4 is 4.90 Å². The Bertz CT molecular complexity index is 875. The topological polar surface area (TPSA) is 20.3 Å². The highest BCUT2D eigenvalue weighted by Gasteiger charge is 2.31. The maximum absolute atomic E-state index is 13.2. The molecule has 4 rings (SSSR count). The van der Waals surface area contributed by atoms with Gasteiger partial charge < -0.3 is 4.90 Å². The first-order chi connectivity index (χ1) is 11.8. The van der Waals surface area contributed by atoms with Crippen molar-refractivity contribution in [2.24, 2.45) is 0 Å². The van der Waals surface area contributed by atoms with Gasteiger partial charge in [-0.05, 0) is 36.4 Å². The average molecular weight is 333 g/mol. The maximum atomic E-state index is 13.2. The minimum Gasteiger partial charge on any atom is -0.311 e. The summed E-state index contributed by atoms with van der Waals surface area (Å²) in [5.41, 5.74) is 2.30. The summed E-state index contributed by atoms with van der Waals surface area (Å²) in [5, 5.41) is 2.28. The van der Waals surface area contributed by atoms with E-state index in [1.165, 1.54) is 15.8 Å². The van der Waals surface area contributed by atoms with E-state index in [1.54, 1.807) is 11.8 Å². The van der Waals surface area contributed by atoms with Crippen molar-refractivity contribution in [1.82, 2.24) is 0 Å². The number of amides is 1. The minimum absolute atomic E-state index is 0.0266. The highest BCUT2D eigenvalue weighted by Crippen LogP contribution is 2.38. The van der Waals surface area contributed by atoms with Crippen LogP contribution in [0.2, 0.25) is 0 Å². The van der Waals surface area contributed by atoms with Gasteiger partial charge in [0.15, 0.2) is 0 Å². The molecule has 0 spiro atoms. The van der Waals surface area contributed by atoms with Gasteiger partial charge >= 0.3 is 0 Å². The molecule has 0 aliphatic carbocycles. The quantitative estimate of drug-likeness (QED) is 0.679. The molecule has 120 valence electrons. The highest BCUT2D eigenvalue weighted by molar-refractivity contribution is 8.01. The second-order valence-electron chi connectivity index (χ2n) is 6.00. The zero-order chi connectivity index (χ0) is 16.5. The normalized spacial score (nSPS) is 16.1. The predicted octanol–water partition coefficient (Wildman–Crippen LogP) is 4.91. The number of carbonyl (C=O) groups excluding carboxylic acids is 1. The summed E-state index contributed by atoms with van der Waals surface area (Å²) in [6, 6.07) is 22.8. The van der Waals surface area contributed by atoms with Crippen LogP contribution in [0.1, 0.15) is 12.5 Å². The Labute approximate surface area is 146 Å². The van der Waals surface area contributed by atoms with E-state index in [-0.39, 0.29) is 11.2 Å². The van der Waals surface area contributed by atoms with Gasteiger partial charge in [0, 0.05) is 16.8 Å². The Morgan fingerprint density at radius 3 is 2.62 bits per heavy atom. The van der Waals surface area contributed by atoms with Gasteiger partial charge in [-0.25, -0.2) is 0 Å². The van der Waals surface area contributed by atoms with Crippen molar-refractivity contribution in [2.45, 2.75) is 23.5 Å². The molecule has 1 aliphatic rings. The van der Waals surface area contributed by atoms with Crippen LogP contribution in [-0.2, 0) is 11.2 Å². The van der Waals surface area contributed by atoms with E-state index in [2.05, 4.69) is 42.5 Å². The molecule has 3 heteroatoms. The van der Waals surface area contributed by atoms with E-state index < -0.39 is 0 Å². The van der Waals surface area contributed by atoms with Gasteiger partial charge in [-0.1, -0.05) is 54.6 Å². The number of thioether (sulfide) groups is 1. The van der Waals surface area contributed by atoms with Gasteiger partial charge in [-0.2, -0.15) is 0 Å². The number of rotatable bonds is 3. The third-order valence-corrected chi connectivity index (χ3v) is 5.87. The zero-order valence-electron chi connectivity index (χ0n) is 13.6. The minimum atomic E-state index is -0.0266. The first-order valence-electron chi connectivity index (χ1n) is 8.31. The third-order valence-electron chi connectivity index (χ3n) is 4.56. The zero-order valence-corrected chi connectivity index (χ0v) is 14.4. The lowest BCUT2D eigenvalue weighted by Crippen LogP contribution is -2.37. The van der Waals surface area contributed by atoms with Crippen LogP contribution in [-0.4, -0.2) is 17.7 Å². The van der Waals surface area contributed by atoms with Crippen LogP contribution in [0.5, 0.6) is 0 Å². The molecule has 1 atom stereocenters. The number of carbonyl (C=O) groups is 1. The van der Waals surface area contributed by atoms with Crippen molar-refractivity contribution in [3.63, 3.8) is 0 Å². The molecule has 3 aromatic carbocycles. The molecule has 2 nitrogen and oxygen atoms in total. The lowest BCUT2D eigenvalue weighted by Gasteiger charge is -2.25. The molecule has 24 heavy (non-hydrogen) atoms. The van der Waals surface area contributed by atoms with Crippen LogP contribution in [0.25, 0.3) is 10.8 Å². The second kappa shape index (κ2) is 6.33. The molecule has 1 amide bonds. The van der Waals surface area contributed by atoms with Gasteiger partial charge in [0.05, 0.1) is 10.9 Å². The molecule has 3 aromatic rings. The monoisotopic (exact) mass is 333 g/mol. The number of anilines is 1. The number of nitrogens with zero attached hydrogens (tertiary/aromatic N) is 1. The van der Waals surface area contributed by atoms with Crippen LogP contribution >= 0.6 is 11.8 Å². The fraction of sp³-hybridized carbons (Fsp3) is 0.190. The van der Waals surface area contributed by atoms with Gasteiger partial charge in [0.1, 0.15) is 0 Å². The van der Waals surface area contributed by atoms with Crippen molar-refractivity contribution < 1.29 is 4.79 Å². The van der Waals surface area contributed by atoms with E-state index >= 15 is 0 Å². The standard InChI is InChI=1S/C21H19NOS/c1-2-22(18-12-7-10-15-8-3-5-11-17(15)18)21(23)20-14-16-9-4-6-13-19(16)24-20/h3-13,20H,2,14H2,1H3. The van der Waals surface area contributed by atoms with Gasteiger partial charge in [0.2, 0.25) is 5.91 Å². The van der Waals surface area contributed by atoms with E-state index in [4.69, 9.17) is 0 Å². The van der Waals surface area contributed by atoms with E-state index in [9.17, 15) is 4.79 Å². The second-order valence-corrected chi connectivity index (χ2v) is 7.24. The molecular weight excluding hydrogens is 314 g/mol. The smallest absolute Gasteiger partial charge is 0.240 e. The van der Waals surface area contributed by atoms with E-state index in [0.717, 1.165) is 17.5 Å². The average Bonchev–Trinajstić information content (AvgIpc) is 3.06. The van der Waals surface area contributed by atoms with Crippen molar-refractivity contribution in [2.75, 3.05) is 11.4 Å². The summed E-state index contributed by atoms with van der Waals surface area (Å²) in [6.07, 6.45) is 0.820. The molecule has 1 aliphatic heterocycles. The molecule has 0 fully saturated rings. The van der Waals surface area contributed by atoms with Gasteiger partial charge in [0.25, 0.3) is 0 Å². The molecule has 0 N–H and O–H groups in total. The lowest BCUT2D eigenvalue weighted by molar-refractivity contribution is -0.118. The molecule has 1 unspecified atom stereocenters. The highest BCUT2D eigenvalue weighted by atomic mass is 32.2. The van der Waals surface area contributed by atoms with Crippen LogP contribution in [0.3, 0.4) is 0 Å². The number of fused-ring (bicyclic) bond motifs is 2. The maximum Gasteiger partial charge on any atom is 0.240 e. The number of benzene rings is 3. The third kappa shape index (κ3) is 2.59. The molecule has 0 saturated heterocycles. The fourth-order valence-corrected chi connectivity index (χ4v) is 4.64. The van der Waals surface area contributed by atoms with Crippen LogP contribution in [0, 0.1) is 0 Å². The molecular formula is C21H19NOS. The Balaban J connectivity index is 1.68. The number of hydrogen-bond donors (Lipinski definition) is 0. The summed E-state index contributed by atoms with van der Waals surface area (Å²) in [5.74, 6) is 0.204. The summed E-state index contributed by atoms with van der Waals surface area (Å²) in [6.45, 7) is 2.73. The lowest BCUT2D eigenvalue weighted by atomic mass is 10.1. The Kier molecular flexibility index (Phi) is 4.03. The van der Waals surface area contributed by atoms with Gasteiger partial charge in [-0.3, -0.25) is 4.79 Å². The Hall–Kier alpha value is -2.26. The number of hydrogen-bond acceptors (Lipinski definition) is 2. The van der Waals surface area contributed by atoms with Crippen molar-refractivity contribution in [3.05, 3.63) is 72.3 Å². The van der Waals surface area contributed by atoms with Gasteiger partial charge in [-0.15, -0.1) is 11.8 Å². The van der Waals surface area contributed by atoms with Crippen LogP contribution in [0.15, 0.2) is 71.6 Å². The summed E-state index contributed by atoms with van der Waals surface area (Å²) in [7, 11) is 0. The Morgan fingerprint density at radius 2 is 1.79 bits per heavy atom. The van der Waals surface area contributed by atoms with Crippen molar-refractivity contribution in [1.29, 1.82) is 0 Å². The molecule has 0 bridgehead atoms. The fourth-order valence-electron chi connectivity index (χ4n) is 3.38. The summed E-state index contributed by atoms with van der Waals surface area (Å²) in [4.78, 5) is 16.4. The molecule has 0 aromatic heterocycles. The SMILES string of the molecule is CCN(C(=O)C1Cc2ccccc2S1)c1cccc2ccccc12. The first-order valence-corrected chi connectivity index (χ1v) is 9.19. The first kappa shape index (κ1) is 15.3. The van der Waals surface area contributed by atoms with E-state index in [0.29, 0.717) is 6.54 Å². The molecule has 0 radical (unpaired) electrons. The van der Waals surface area contributed by atoms with Crippen molar-refractivity contribution in [3.8, 4) is 0 Å². The summed E-state index contributed by atoms with van der Waals surface area (Å²) >= 11 is 1.70. The van der Waals surface area contributed by atoms with Crippen molar-refractivity contribution >= 4 is 34.1 Å². The molecule has 1 heterocycles. The van der Waals surface area contributed by atoms with E-state index in [1.807, 2.05) is 36.1 Å². The summed E-state index contributed by atoms with van der Waals surface area (Å²) < 4.78 is 0. The largest absolute Gasteiger partial charge is 0.311 e. The predicted molar refractivity (Wildman–Crippen MR) is 102 cm³/mol. The Morgan fingerprint density at radius 1 is 1.04 bits per heavy atom.